The molecule has 0 N–H and O–H groups in total. The highest BCUT2D eigenvalue weighted by Gasteiger charge is 2.25. The Morgan fingerprint density at radius 1 is 0.784 bits per heavy atom. The number of benzene rings is 3. The minimum absolute atomic E-state index is 0.00769. The molecule has 0 bridgehead atoms. The Balaban J connectivity index is 1.37. The van der Waals surface area contributed by atoms with Crippen LogP contribution in [0.25, 0.3) is 11.1 Å². The van der Waals surface area contributed by atoms with Gasteiger partial charge in [0.2, 0.25) is 5.82 Å². The number of aryl methyl sites for hydroxylation is 1. The fraction of sp³-hybridized carbons (Fsp3) is 0.400. The van der Waals surface area contributed by atoms with Crippen molar-refractivity contribution in [3.63, 3.8) is 0 Å². The molecule has 0 spiro atoms. The van der Waals surface area contributed by atoms with Crippen LogP contribution in [0.1, 0.15) is 68.1 Å². The van der Waals surface area contributed by atoms with E-state index in [1.54, 1.807) is 6.07 Å². The van der Waals surface area contributed by atoms with Gasteiger partial charge in [-0.25, -0.2) is 17.6 Å². The molecule has 0 heterocycles. The van der Waals surface area contributed by atoms with Crippen LogP contribution in [0.15, 0.2) is 42.5 Å². The Morgan fingerprint density at radius 2 is 1.51 bits per heavy atom. The first-order valence-electron chi connectivity index (χ1n) is 12.8. The summed E-state index contributed by atoms with van der Waals surface area (Å²) < 4.78 is 83.2. The van der Waals surface area contributed by atoms with E-state index in [1.807, 2.05) is 6.92 Å². The van der Waals surface area contributed by atoms with Gasteiger partial charge < -0.3 is 9.47 Å². The molecule has 0 aliphatic heterocycles. The summed E-state index contributed by atoms with van der Waals surface area (Å²) in [6.07, 6.45) is 4.36. The third-order valence-corrected chi connectivity index (χ3v) is 7.06. The van der Waals surface area contributed by atoms with Gasteiger partial charge in [0.05, 0.1) is 19.3 Å². The number of rotatable bonds is 9. The largest absolute Gasteiger partial charge is 0.490 e. The molecule has 0 amide bonds. The van der Waals surface area contributed by atoms with E-state index in [4.69, 9.17) is 9.47 Å². The molecule has 3 aromatic rings. The molecule has 4 rings (SSSR count). The highest BCUT2D eigenvalue weighted by Crippen LogP contribution is 2.37. The van der Waals surface area contributed by atoms with E-state index >= 15 is 4.39 Å². The van der Waals surface area contributed by atoms with Crippen LogP contribution in [0.5, 0.6) is 5.75 Å². The molecular formula is C30H31F5O2. The van der Waals surface area contributed by atoms with Gasteiger partial charge in [-0.2, -0.15) is 4.39 Å². The maximum Gasteiger partial charge on any atom is 0.201 e. The van der Waals surface area contributed by atoms with Crippen LogP contribution in [-0.4, -0.2) is 12.7 Å². The molecule has 37 heavy (non-hydrogen) atoms. The molecule has 198 valence electrons. The summed E-state index contributed by atoms with van der Waals surface area (Å²) in [6, 6.07) is 10.3. The van der Waals surface area contributed by atoms with Crippen LogP contribution in [0.3, 0.4) is 0 Å². The zero-order chi connectivity index (χ0) is 26.5. The second kappa shape index (κ2) is 12.1. The van der Waals surface area contributed by atoms with E-state index in [1.165, 1.54) is 43.3 Å². The zero-order valence-corrected chi connectivity index (χ0v) is 21.1. The third kappa shape index (κ3) is 6.15. The summed E-state index contributed by atoms with van der Waals surface area (Å²) in [4.78, 5) is 0. The maximum atomic E-state index is 15.0. The van der Waals surface area contributed by atoms with E-state index in [-0.39, 0.29) is 53.2 Å². The molecular weight excluding hydrogens is 487 g/mol. The van der Waals surface area contributed by atoms with E-state index in [0.29, 0.717) is 12.8 Å². The highest BCUT2D eigenvalue weighted by molar-refractivity contribution is 5.66. The monoisotopic (exact) mass is 518 g/mol. The quantitative estimate of drug-likeness (QED) is 0.208. The Kier molecular flexibility index (Phi) is 8.85. The average molecular weight is 519 g/mol. The summed E-state index contributed by atoms with van der Waals surface area (Å²) in [6.45, 7) is 3.75. The minimum atomic E-state index is -1.14. The van der Waals surface area contributed by atoms with Crippen molar-refractivity contribution in [3.8, 4) is 16.9 Å². The SMILES string of the molecule is CCCCOc1ccc(-c2ccc(C3CCC(OCc4ccc(C)c(F)c4F)CC3)cc2F)c(F)c1F. The van der Waals surface area contributed by atoms with E-state index in [2.05, 4.69) is 0 Å². The van der Waals surface area contributed by atoms with Gasteiger partial charge in [0.25, 0.3) is 0 Å². The fourth-order valence-electron chi connectivity index (χ4n) is 4.75. The zero-order valence-electron chi connectivity index (χ0n) is 21.1. The van der Waals surface area contributed by atoms with Crippen LogP contribution >= 0.6 is 0 Å². The molecule has 2 nitrogen and oxygen atoms in total. The molecule has 0 saturated heterocycles. The molecule has 0 atom stereocenters. The first-order chi connectivity index (χ1) is 17.8. The van der Waals surface area contributed by atoms with Gasteiger partial charge in [-0.3, -0.25) is 0 Å². The molecule has 1 fully saturated rings. The molecule has 0 unspecified atom stereocenters. The standard InChI is InChI=1S/C30H31F5O2/c1-3-4-15-36-26-14-13-24(29(34)30(26)35)23-12-9-20(16-25(23)31)19-7-10-22(11-8-19)37-17-21-6-5-18(2)27(32)28(21)33/h5-6,9,12-14,16,19,22H,3-4,7-8,10-11,15,17H2,1-2H3. The predicted molar refractivity (Wildman–Crippen MR) is 133 cm³/mol. The van der Waals surface area contributed by atoms with Gasteiger partial charge >= 0.3 is 0 Å². The molecule has 3 aromatic carbocycles. The lowest BCUT2D eigenvalue weighted by Crippen LogP contribution is -2.21. The van der Waals surface area contributed by atoms with Crippen molar-refractivity contribution in [2.75, 3.05) is 6.61 Å². The summed E-state index contributed by atoms with van der Waals surface area (Å²) in [5.41, 5.74) is 1.06. The first-order valence-corrected chi connectivity index (χ1v) is 12.8. The van der Waals surface area contributed by atoms with Gasteiger partial charge in [0, 0.05) is 16.7 Å². The van der Waals surface area contributed by atoms with Crippen molar-refractivity contribution in [1.29, 1.82) is 0 Å². The number of hydrogen-bond donors (Lipinski definition) is 0. The summed E-state index contributed by atoms with van der Waals surface area (Å²) in [7, 11) is 0. The van der Waals surface area contributed by atoms with Crippen LogP contribution in [0.4, 0.5) is 22.0 Å². The number of hydrogen-bond acceptors (Lipinski definition) is 2. The first kappa shape index (κ1) is 27.1. The van der Waals surface area contributed by atoms with Crippen molar-refractivity contribution >= 4 is 0 Å². The smallest absolute Gasteiger partial charge is 0.201 e. The lowest BCUT2D eigenvalue weighted by atomic mass is 9.82. The normalized spacial score (nSPS) is 17.7. The minimum Gasteiger partial charge on any atom is -0.490 e. The van der Waals surface area contributed by atoms with Crippen molar-refractivity contribution in [3.05, 3.63) is 88.2 Å². The molecule has 0 aromatic heterocycles. The Hall–Kier alpha value is -2.93. The van der Waals surface area contributed by atoms with Crippen LogP contribution in [0, 0.1) is 36.0 Å². The average Bonchev–Trinajstić information content (AvgIpc) is 2.90. The lowest BCUT2D eigenvalue weighted by molar-refractivity contribution is 0.0118. The van der Waals surface area contributed by atoms with Crippen molar-refractivity contribution in [2.45, 2.75) is 71.0 Å². The molecule has 1 aliphatic carbocycles. The summed E-state index contributed by atoms with van der Waals surface area (Å²) in [5, 5.41) is 0. The lowest BCUT2D eigenvalue weighted by Gasteiger charge is -2.29. The van der Waals surface area contributed by atoms with Crippen molar-refractivity contribution < 1.29 is 31.4 Å². The van der Waals surface area contributed by atoms with Gasteiger partial charge in [-0.15, -0.1) is 0 Å². The van der Waals surface area contributed by atoms with Crippen molar-refractivity contribution in [1.82, 2.24) is 0 Å². The summed E-state index contributed by atoms with van der Waals surface area (Å²) in [5.74, 6) is -4.69. The second-order valence-corrected chi connectivity index (χ2v) is 9.63. The number of unbranched alkanes of at least 4 members (excludes halogenated alkanes) is 1. The second-order valence-electron chi connectivity index (χ2n) is 9.63. The van der Waals surface area contributed by atoms with Crippen LogP contribution < -0.4 is 4.74 Å². The fourth-order valence-corrected chi connectivity index (χ4v) is 4.75. The number of ether oxygens (including phenoxy) is 2. The summed E-state index contributed by atoms with van der Waals surface area (Å²) >= 11 is 0. The van der Waals surface area contributed by atoms with E-state index in [9.17, 15) is 17.6 Å². The molecule has 1 saturated carbocycles. The van der Waals surface area contributed by atoms with Gasteiger partial charge in [0.15, 0.2) is 23.2 Å². The maximum absolute atomic E-state index is 15.0. The van der Waals surface area contributed by atoms with Gasteiger partial charge in [0.1, 0.15) is 5.82 Å². The van der Waals surface area contributed by atoms with E-state index < -0.39 is 29.1 Å². The molecule has 7 heteroatoms. The Morgan fingerprint density at radius 3 is 2.22 bits per heavy atom. The molecule has 1 aliphatic rings. The van der Waals surface area contributed by atoms with E-state index in [0.717, 1.165) is 31.2 Å². The Bertz CT molecular complexity index is 1240. The van der Waals surface area contributed by atoms with Gasteiger partial charge in [-0.05, 0) is 74.3 Å². The van der Waals surface area contributed by atoms with Crippen LogP contribution in [0.2, 0.25) is 0 Å². The highest BCUT2D eigenvalue weighted by atomic mass is 19.2. The molecule has 0 radical (unpaired) electrons. The van der Waals surface area contributed by atoms with Gasteiger partial charge in [-0.1, -0.05) is 37.6 Å². The Labute approximate surface area is 214 Å². The topological polar surface area (TPSA) is 18.5 Å². The predicted octanol–water partition coefficient (Wildman–Crippen LogP) is 8.78. The van der Waals surface area contributed by atoms with Crippen LogP contribution in [-0.2, 0) is 11.3 Å². The van der Waals surface area contributed by atoms with Crippen molar-refractivity contribution in [2.24, 2.45) is 0 Å². The third-order valence-electron chi connectivity index (χ3n) is 7.06. The number of halogens is 5.